The summed E-state index contributed by atoms with van der Waals surface area (Å²) in [7, 11) is 1.31. The van der Waals surface area contributed by atoms with Gasteiger partial charge in [-0.3, -0.25) is 9.59 Å². The van der Waals surface area contributed by atoms with Crippen molar-refractivity contribution in [1.29, 1.82) is 0 Å². The first-order valence-electron chi connectivity index (χ1n) is 13.1. The molecule has 1 unspecified atom stereocenters. The number of benzene rings is 2. The number of imidazole rings is 1. The number of ether oxygens (including phenoxy) is 1. The SMILES string of the molecule is COC(=O)Cc1ccc2c(c1)NC(=O)CCCCC(c1ccc(-c3c(F)ccc(F)c3F)c[n+]1[O-])c1nc-2c(C)[nH]1. The van der Waals surface area contributed by atoms with E-state index >= 15 is 0 Å². The normalized spacial score (nSPS) is 15.3. The Bertz CT molecular complexity index is 1650. The Hall–Kier alpha value is -4.67. The lowest BCUT2D eigenvalue weighted by Gasteiger charge is -2.17. The standard InChI is InChI=1S/C30H27F3N4O4/c1-16-29-19-9-7-17(14-26(39)41-2)13-23(19)35-25(38)6-4-3-5-20(30(34-16)36-29)24-12-8-18(15-37(24)40)27-21(31)10-11-22(32)28(27)33/h7-13,15,20H,3-6,14H2,1-2H3,(H,34,36)(H,35,38). The first-order chi connectivity index (χ1) is 19.7. The van der Waals surface area contributed by atoms with Gasteiger partial charge in [0.2, 0.25) is 11.6 Å². The van der Waals surface area contributed by atoms with Gasteiger partial charge >= 0.3 is 5.97 Å². The van der Waals surface area contributed by atoms with Crippen molar-refractivity contribution in [3.63, 3.8) is 0 Å². The highest BCUT2D eigenvalue weighted by Gasteiger charge is 2.29. The summed E-state index contributed by atoms with van der Waals surface area (Å²) >= 11 is 0. The van der Waals surface area contributed by atoms with E-state index in [1.807, 2.05) is 6.92 Å². The molecule has 3 heterocycles. The molecule has 4 aromatic rings. The van der Waals surface area contributed by atoms with Gasteiger partial charge in [-0.2, -0.15) is 4.73 Å². The van der Waals surface area contributed by atoms with Crippen LogP contribution >= 0.6 is 0 Å². The average molecular weight is 565 g/mol. The molecule has 1 aliphatic rings. The van der Waals surface area contributed by atoms with Crippen LogP contribution in [0.1, 0.15) is 54.4 Å². The number of carbonyl (C=O) groups is 2. The molecule has 1 aliphatic heterocycles. The number of fused-ring (bicyclic) bond motifs is 4. The summed E-state index contributed by atoms with van der Waals surface area (Å²) in [5.41, 5.74) is 2.60. The van der Waals surface area contributed by atoms with Crippen LogP contribution < -0.4 is 10.0 Å². The van der Waals surface area contributed by atoms with Gasteiger partial charge in [0.05, 0.1) is 36.0 Å². The van der Waals surface area contributed by atoms with Crippen LogP contribution in [0.25, 0.3) is 22.4 Å². The molecule has 0 saturated carbocycles. The number of hydrogen-bond acceptors (Lipinski definition) is 5. The Morgan fingerprint density at radius 1 is 1.12 bits per heavy atom. The van der Waals surface area contributed by atoms with E-state index < -0.39 is 34.9 Å². The van der Waals surface area contributed by atoms with Crippen molar-refractivity contribution in [3.05, 3.63) is 94.1 Å². The van der Waals surface area contributed by atoms with E-state index in [0.717, 1.165) is 12.3 Å². The van der Waals surface area contributed by atoms with Crippen LogP contribution in [0.5, 0.6) is 0 Å². The van der Waals surface area contributed by atoms with Crippen molar-refractivity contribution < 1.29 is 32.2 Å². The maximum atomic E-state index is 14.4. The molecule has 1 atom stereocenters. The second-order valence-corrected chi connectivity index (χ2v) is 9.96. The Labute approximate surface area is 233 Å². The Balaban J connectivity index is 1.57. The number of carbonyl (C=O) groups excluding carboxylic acids is 2. The van der Waals surface area contributed by atoms with Crippen molar-refractivity contribution in [1.82, 2.24) is 9.97 Å². The number of halogens is 3. The molecule has 11 heteroatoms. The number of nitrogens with zero attached hydrogens (tertiary/aromatic N) is 2. The van der Waals surface area contributed by atoms with Gasteiger partial charge in [0, 0.05) is 23.7 Å². The van der Waals surface area contributed by atoms with Crippen molar-refractivity contribution in [3.8, 4) is 22.4 Å². The van der Waals surface area contributed by atoms with Crippen LogP contribution in [-0.2, 0) is 20.7 Å². The zero-order valence-corrected chi connectivity index (χ0v) is 22.4. The summed E-state index contributed by atoms with van der Waals surface area (Å²) in [6.45, 7) is 1.82. The van der Waals surface area contributed by atoms with E-state index in [1.165, 1.54) is 19.2 Å². The van der Waals surface area contributed by atoms with Gasteiger partial charge in [0.15, 0.2) is 17.8 Å². The number of esters is 1. The van der Waals surface area contributed by atoms with Crippen molar-refractivity contribution >= 4 is 17.6 Å². The number of hydrogen-bond donors (Lipinski definition) is 2. The van der Waals surface area contributed by atoms with Crippen LogP contribution in [0.2, 0.25) is 0 Å². The number of aromatic nitrogens is 3. The molecule has 0 aliphatic carbocycles. The molecule has 0 spiro atoms. The molecule has 8 nitrogen and oxygen atoms in total. The van der Waals surface area contributed by atoms with E-state index in [4.69, 9.17) is 9.72 Å². The van der Waals surface area contributed by atoms with Crippen LogP contribution in [0, 0.1) is 29.6 Å². The zero-order chi connectivity index (χ0) is 29.3. The first kappa shape index (κ1) is 27.9. The molecule has 2 bridgehead atoms. The maximum Gasteiger partial charge on any atom is 0.309 e. The molecule has 2 aromatic heterocycles. The molecule has 0 radical (unpaired) electrons. The van der Waals surface area contributed by atoms with E-state index in [-0.39, 0.29) is 30.0 Å². The fourth-order valence-electron chi connectivity index (χ4n) is 5.13. The topological polar surface area (TPSA) is 111 Å². The summed E-state index contributed by atoms with van der Waals surface area (Å²) in [6.07, 6.45) is 2.87. The van der Waals surface area contributed by atoms with Crippen LogP contribution in [0.3, 0.4) is 0 Å². The lowest BCUT2D eigenvalue weighted by Crippen LogP contribution is -2.34. The Kier molecular flexibility index (Phi) is 7.78. The lowest BCUT2D eigenvalue weighted by atomic mass is 9.95. The number of methoxy groups -OCH3 is 1. The van der Waals surface area contributed by atoms with E-state index in [2.05, 4.69) is 10.3 Å². The first-order valence-corrected chi connectivity index (χ1v) is 13.1. The summed E-state index contributed by atoms with van der Waals surface area (Å²) in [5.74, 6) is -4.21. The Morgan fingerprint density at radius 3 is 2.66 bits per heavy atom. The fourth-order valence-corrected chi connectivity index (χ4v) is 5.13. The number of amides is 1. The number of aryl methyl sites for hydroxylation is 1. The maximum absolute atomic E-state index is 14.4. The fraction of sp³-hybridized carbons (Fsp3) is 0.267. The highest BCUT2D eigenvalue weighted by Crippen LogP contribution is 2.36. The second kappa shape index (κ2) is 11.4. The smallest absolute Gasteiger partial charge is 0.309 e. The van der Waals surface area contributed by atoms with Gasteiger partial charge in [-0.05, 0) is 49.6 Å². The summed E-state index contributed by atoms with van der Waals surface area (Å²) in [4.78, 5) is 32.7. The molecule has 0 saturated heterocycles. The minimum atomic E-state index is -1.37. The van der Waals surface area contributed by atoms with E-state index in [9.17, 15) is 28.0 Å². The van der Waals surface area contributed by atoms with E-state index in [1.54, 1.807) is 18.2 Å². The monoisotopic (exact) mass is 564 g/mol. The number of anilines is 1. The predicted octanol–water partition coefficient (Wildman–Crippen LogP) is 5.46. The third kappa shape index (κ3) is 5.65. The Morgan fingerprint density at radius 2 is 1.90 bits per heavy atom. The van der Waals surface area contributed by atoms with E-state index in [0.29, 0.717) is 64.1 Å². The molecule has 2 aromatic carbocycles. The van der Waals surface area contributed by atoms with Crippen LogP contribution in [0.15, 0.2) is 48.7 Å². The second-order valence-electron chi connectivity index (χ2n) is 9.96. The molecule has 1 amide bonds. The largest absolute Gasteiger partial charge is 0.618 e. The number of H-pyrrole nitrogens is 1. The third-order valence-electron chi connectivity index (χ3n) is 7.20. The molecular formula is C30H27F3N4O4. The molecule has 41 heavy (non-hydrogen) atoms. The van der Waals surface area contributed by atoms with Crippen LogP contribution in [-0.4, -0.2) is 29.0 Å². The highest BCUT2D eigenvalue weighted by molar-refractivity contribution is 5.95. The lowest BCUT2D eigenvalue weighted by molar-refractivity contribution is -0.614. The summed E-state index contributed by atoms with van der Waals surface area (Å²) in [5, 5.41) is 16.2. The number of aromatic amines is 1. The van der Waals surface area contributed by atoms with Crippen molar-refractivity contribution in [2.24, 2.45) is 0 Å². The molecular weight excluding hydrogens is 537 g/mol. The predicted molar refractivity (Wildman–Crippen MR) is 144 cm³/mol. The third-order valence-corrected chi connectivity index (χ3v) is 7.20. The number of nitrogens with one attached hydrogen (secondary N) is 2. The minimum Gasteiger partial charge on any atom is -0.618 e. The molecule has 212 valence electrons. The quantitative estimate of drug-likeness (QED) is 0.148. The minimum absolute atomic E-state index is 0.0371. The summed E-state index contributed by atoms with van der Waals surface area (Å²) in [6, 6.07) is 9.58. The van der Waals surface area contributed by atoms with Crippen LogP contribution in [0.4, 0.5) is 18.9 Å². The van der Waals surface area contributed by atoms with Crippen molar-refractivity contribution in [2.75, 3.05) is 12.4 Å². The van der Waals surface area contributed by atoms with Gasteiger partial charge < -0.3 is 20.2 Å². The molecule has 0 fully saturated rings. The molecule has 2 N–H and O–H groups in total. The molecule has 5 rings (SSSR count). The van der Waals surface area contributed by atoms with Gasteiger partial charge in [-0.25, -0.2) is 18.2 Å². The van der Waals surface area contributed by atoms with Gasteiger partial charge in [-0.1, -0.05) is 18.6 Å². The number of rotatable bonds is 4. The van der Waals surface area contributed by atoms with Gasteiger partial charge in [0.1, 0.15) is 17.6 Å². The van der Waals surface area contributed by atoms with Gasteiger partial charge in [-0.15, -0.1) is 0 Å². The van der Waals surface area contributed by atoms with Gasteiger partial charge in [0.25, 0.3) is 0 Å². The highest BCUT2D eigenvalue weighted by atomic mass is 19.2. The summed E-state index contributed by atoms with van der Waals surface area (Å²) < 4.78 is 47.8. The zero-order valence-electron chi connectivity index (χ0n) is 22.4. The van der Waals surface area contributed by atoms with Crippen molar-refractivity contribution in [2.45, 2.75) is 44.9 Å². The number of pyridine rings is 1. The average Bonchev–Trinajstić information content (AvgIpc) is 3.32.